The van der Waals surface area contributed by atoms with Crippen LogP contribution in [-0.4, -0.2) is 31.1 Å². The second kappa shape index (κ2) is 6.60. The van der Waals surface area contributed by atoms with Gasteiger partial charge in [0.2, 0.25) is 0 Å². The van der Waals surface area contributed by atoms with Crippen LogP contribution >= 0.6 is 0 Å². The second-order valence-electron chi connectivity index (χ2n) is 5.60. The lowest BCUT2D eigenvalue weighted by molar-refractivity contribution is 0.169. The third-order valence-electron chi connectivity index (χ3n) is 4.17. The molecule has 1 aliphatic heterocycles. The molecule has 21 heavy (non-hydrogen) atoms. The van der Waals surface area contributed by atoms with E-state index >= 15 is 0 Å². The number of nitrogens with zero attached hydrogens (tertiary/aromatic N) is 2. The SMILES string of the molecule is N#CC1CCN(CCOc2ccc3ccccc3c2)CC1. The number of likely N-dealkylation sites (tertiary alicyclic amines) is 1. The van der Waals surface area contributed by atoms with Gasteiger partial charge in [0, 0.05) is 12.5 Å². The zero-order valence-corrected chi connectivity index (χ0v) is 12.2. The first-order chi connectivity index (χ1) is 10.3. The Morgan fingerprint density at radius 3 is 2.62 bits per heavy atom. The first-order valence-electron chi connectivity index (χ1n) is 7.59. The van der Waals surface area contributed by atoms with E-state index in [0.29, 0.717) is 6.61 Å². The number of fused-ring (bicyclic) bond motifs is 1. The number of hydrogen-bond acceptors (Lipinski definition) is 3. The minimum Gasteiger partial charge on any atom is -0.492 e. The van der Waals surface area contributed by atoms with Gasteiger partial charge in [-0.25, -0.2) is 0 Å². The van der Waals surface area contributed by atoms with Gasteiger partial charge in [0.25, 0.3) is 0 Å². The van der Waals surface area contributed by atoms with Crippen molar-refractivity contribution in [2.45, 2.75) is 12.8 Å². The molecular weight excluding hydrogens is 260 g/mol. The Morgan fingerprint density at radius 2 is 1.86 bits per heavy atom. The highest BCUT2D eigenvalue weighted by molar-refractivity contribution is 5.83. The predicted octanol–water partition coefficient (Wildman–Crippen LogP) is 3.45. The standard InChI is InChI=1S/C18H20N2O/c19-14-15-7-9-20(10-8-15)11-12-21-18-6-5-16-3-1-2-4-17(16)13-18/h1-6,13,15H,7-12H2. The van der Waals surface area contributed by atoms with Crippen LogP contribution in [0.4, 0.5) is 0 Å². The van der Waals surface area contributed by atoms with Crippen LogP contribution < -0.4 is 4.74 Å². The van der Waals surface area contributed by atoms with Gasteiger partial charge < -0.3 is 4.74 Å². The van der Waals surface area contributed by atoms with Gasteiger partial charge in [-0.15, -0.1) is 0 Å². The van der Waals surface area contributed by atoms with Crippen molar-refractivity contribution < 1.29 is 4.74 Å². The molecule has 3 rings (SSSR count). The summed E-state index contributed by atoms with van der Waals surface area (Å²) in [6.45, 7) is 3.67. The molecule has 3 heteroatoms. The molecule has 0 N–H and O–H groups in total. The van der Waals surface area contributed by atoms with E-state index in [0.717, 1.165) is 38.2 Å². The molecular formula is C18H20N2O. The number of benzene rings is 2. The predicted molar refractivity (Wildman–Crippen MR) is 84.2 cm³/mol. The summed E-state index contributed by atoms with van der Waals surface area (Å²) in [6, 6.07) is 16.9. The van der Waals surface area contributed by atoms with Crippen molar-refractivity contribution in [2.24, 2.45) is 5.92 Å². The molecule has 2 aromatic carbocycles. The van der Waals surface area contributed by atoms with E-state index in [1.54, 1.807) is 0 Å². The van der Waals surface area contributed by atoms with E-state index in [1.807, 2.05) is 18.2 Å². The minimum absolute atomic E-state index is 0.252. The summed E-state index contributed by atoms with van der Waals surface area (Å²) in [7, 11) is 0. The first-order valence-corrected chi connectivity index (χ1v) is 7.59. The number of piperidine rings is 1. The molecule has 1 aliphatic rings. The molecule has 0 bridgehead atoms. The van der Waals surface area contributed by atoms with Gasteiger partial charge in [-0.3, -0.25) is 4.90 Å². The number of rotatable bonds is 4. The molecule has 0 unspecified atom stereocenters. The minimum atomic E-state index is 0.252. The molecule has 1 heterocycles. The van der Waals surface area contributed by atoms with Gasteiger partial charge >= 0.3 is 0 Å². The Morgan fingerprint density at radius 1 is 1.10 bits per heavy atom. The summed E-state index contributed by atoms with van der Waals surface area (Å²) in [6.07, 6.45) is 1.99. The molecule has 0 amide bonds. The lowest BCUT2D eigenvalue weighted by Crippen LogP contribution is -2.36. The maximum atomic E-state index is 8.90. The van der Waals surface area contributed by atoms with Crippen molar-refractivity contribution in [1.82, 2.24) is 4.90 Å². The maximum absolute atomic E-state index is 8.90. The molecule has 0 saturated carbocycles. The Kier molecular flexibility index (Phi) is 4.37. The van der Waals surface area contributed by atoms with Gasteiger partial charge in [-0.05, 0) is 48.8 Å². The second-order valence-corrected chi connectivity index (χ2v) is 5.60. The van der Waals surface area contributed by atoms with Crippen LogP contribution in [0.15, 0.2) is 42.5 Å². The average molecular weight is 280 g/mol. The van der Waals surface area contributed by atoms with Gasteiger partial charge in [0.15, 0.2) is 0 Å². The topological polar surface area (TPSA) is 36.3 Å². The molecule has 2 aromatic rings. The van der Waals surface area contributed by atoms with E-state index in [1.165, 1.54) is 10.8 Å². The van der Waals surface area contributed by atoms with Crippen LogP contribution in [0.2, 0.25) is 0 Å². The van der Waals surface area contributed by atoms with Gasteiger partial charge in [-0.1, -0.05) is 30.3 Å². The monoisotopic (exact) mass is 280 g/mol. The first kappa shape index (κ1) is 13.9. The Labute approximate surface area is 125 Å². The Bertz CT molecular complexity index is 639. The normalized spacial score (nSPS) is 16.7. The lowest BCUT2D eigenvalue weighted by atomic mass is 9.99. The van der Waals surface area contributed by atoms with Crippen LogP contribution in [0, 0.1) is 17.2 Å². The summed E-state index contributed by atoms with van der Waals surface area (Å²) in [5.41, 5.74) is 0. The largest absolute Gasteiger partial charge is 0.492 e. The van der Waals surface area contributed by atoms with E-state index < -0.39 is 0 Å². The summed E-state index contributed by atoms with van der Waals surface area (Å²) in [4.78, 5) is 2.38. The zero-order valence-electron chi connectivity index (χ0n) is 12.2. The fraction of sp³-hybridized carbons (Fsp3) is 0.389. The van der Waals surface area contributed by atoms with E-state index in [-0.39, 0.29) is 5.92 Å². The number of nitriles is 1. The molecule has 0 spiro atoms. The lowest BCUT2D eigenvalue weighted by Gasteiger charge is -2.28. The highest BCUT2D eigenvalue weighted by Crippen LogP contribution is 2.21. The van der Waals surface area contributed by atoms with Crippen LogP contribution in [0.25, 0.3) is 10.8 Å². The van der Waals surface area contributed by atoms with Crippen molar-refractivity contribution in [3.63, 3.8) is 0 Å². The quantitative estimate of drug-likeness (QED) is 0.860. The van der Waals surface area contributed by atoms with Crippen LogP contribution in [0.1, 0.15) is 12.8 Å². The Balaban J connectivity index is 1.49. The van der Waals surface area contributed by atoms with Crippen molar-refractivity contribution in [3.8, 4) is 11.8 Å². The van der Waals surface area contributed by atoms with E-state index in [4.69, 9.17) is 10.00 Å². The molecule has 1 fully saturated rings. The van der Waals surface area contributed by atoms with E-state index in [9.17, 15) is 0 Å². The fourth-order valence-corrected chi connectivity index (χ4v) is 2.84. The summed E-state index contributed by atoms with van der Waals surface area (Å²) in [5, 5.41) is 11.3. The summed E-state index contributed by atoms with van der Waals surface area (Å²) >= 11 is 0. The fourth-order valence-electron chi connectivity index (χ4n) is 2.84. The molecule has 0 aromatic heterocycles. The molecule has 0 aliphatic carbocycles. The van der Waals surface area contributed by atoms with Gasteiger partial charge in [0.1, 0.15) is 12.4 Å². The molecule has 3 nitrogen and oxygen atoms in total. The summed E-state index contributed by atoms with van der Waals surface area (Å²) in [5.74, 6) is 1.18. The van der Waals surface area contributed by atoms with Crippen molar-refractivity contribution in [1.29, 1.82) is 5.26 Å². The molecule has 1 saturated heterocycles. The van der Waals surface area contributed by atoms with Gasteiger partial charge in [-0.2, -0.15) is 5.26 Å². The zero-order chi connectivity index (χ0) is 14.5. The van der Waals surface area contributed by atoms with Crippen molar-refractivity contribution in [3.05, 3.63) is 42.5 Å². The Hall–Kier alpha value is -2.05. The highest BCUT2D eigenvalue weighted by atomic mass is 16.5. The molecule has 0 atom stereocenters. The highest BCUT2D eigenvalue weighted by Gasteiger charge is 2.18. The van der Waals surface area contributed by atoms with Crippen molar-refractivity contribution >= 4 is 10.8 Å². The van der Waals surface area contributed by atoms with Crippen LogP contribution in [0.5, 0.6) is 5.75 Å². The van der Waals surface area contributed by atoms with Crippen LogP contribution in [-0.2, 0) is 0 Å². The van der Waals surface area contributed by atoms with E-state index in [2.05, 4.69) is 35.2 Å². The summed E-state index contributed by atoms with van der Waals surface area (Å²) < 4.78 is 5.86. The van der Waals surface area contributed by atoms with Crippen LogP contribution in [0.3, 0.4) is 0 Å². The third kappa shape index (κ3) is 3.53. The third-order valence-corrected chi connectivity index (χ3v) is 4.17. The average Bonchev–Trinajstić information content (AvgIpc) is 2.55. The molecule has 108 valence electrons. The number of hydrogen-bond donors (Lipinski definition) is 0. The smallest absolute Gasteiger partial charge is 0.120 e. The maximum Gasteiger partial charge on any atom is 0.120 e. The molecule has 0 radical (unpaired) electrons. The van der Waals surface area contributed by atoms with Gasteiger partial charge in [0.05, 0.1) is 6.07 Å². The number of ether oxygens (including phenoxy) is 1. The van der Waals surface area contributed by atoms with Crippen molar-refractivity contribution in [2.75, 3.05) is 26.2 Å².